The second kappa shape index (κ2) is 5.02. The van der Waals surface area contributed by atoms with E-state index in [-0.39, 0.29) is 5.91 Å². The number of carbonyl (C=O) groups excluding carboxylic acids is 1. The molecule has 0 spiro atoms. The Bertz CT molecular complexity index is 615. The number of aryl methyl sites for hydroxylation is 1. The summed E-state index contributed by atoms with van der Waals surface area (Å²) in [5.74, 6) is 0.123. The van der Waals surface area contributed by atoms with Gasteiger partial charge < -0.3 is 9.64 Å². The van der Waals surface area contributed by atoms with Crippen molar-refractivity contribution in [2.24, 2.45) is 0 Å². The highest BCUT2D eigenvalue weighted by Crippen LogP contribution is 2.23. The Morgan fingerprint density at radius 2 is 1.84 bits per heavy atom. The SMILES string of the molecule is Cc1ccc2ccccc2c1C(=O)N1CCOCC1. The summed E-state index contributed by atoms with van der Waals surface area (Å²) in [5, 5.41) is 2.16. The summed E-state index contributed by atoms with van der Waals surface area (Å²) in [6, 6.07) is 12.1. The van der Waals surface area contributed by atoms with Crippen LogP contribution in [-0.2, 0) is 4.74 Å². The van der Waals surface area contributed by atoms with Crippen molar-refractivity contribution in [3.63, 3.8) is 0 Å². The lowest BCUT2D eigenvalue weighted by atomic mass is 9.98. The van der Waals surface area contributed by atoms with Crippen LogP contribution in [0.2, 0.25) is 0 Å². The molecule has 0 N–H and O–H groups in total. The molecule has 0 aliphatic carbocycles. The molecule has 1 aliphatic heterocycles. The summed E-state index contributed by atoms with van der Waals surface area (Å²) >= 11 is 0. The van der Waals surface area contributed by atoms with E-state index in [1.165, 1.54) is 0 Å². The maximum absolute atomic E-state index is 12.7. The molecule has 0 bridgehead atoms. The number of hydrogen-bond acceptors (Lipinski definition) is 2. The Kier molecular flexibility index (Phi) is 3.22. The number of hydrogen-bond donors (Lipinski definition) is 0. The highest BCUT2D eigenvalue weighted by atomic mass is 16.5. The predicted octanol–water partition coefficient (Wildman–Crippen LogP) is 2.62. The Labute approximate surface area is 112 Å². The van der Waals surface area contributed by atoms with Gasteiger partial charge >= 0.3 is 0 Å². The van der Waals surface area contributed by atoms with E-state index < -0.39 is 0 Å². The lowest BCUT2D eigenvalue weighted by molar-refractivity contribution is 0.0303. The number of carbonyl (C=O) groups is 1. The molecule has 3 nitrogen and oxygen atoms in total. The van der Waals surface area contributed by atoms with Crippen molar-refractivity contribution in [3.05, 3.63) is 47.5 Å². The molecule has 1 heterocycles. The Morgan fingerprint density at radius 3 is 2.63 bits per heavy atom. The van der Waals surface area contributed by atoms with E-state index in [9.17, 15) is 4.79 Å². The molecule has 2 aromatic carbocycles. The van der Waals surface area contributed by atoms with Gasteiger partial charge in [-0.3, -0.25) is 4.79 Å². The molecule has 3 heteroatoms. The standard InChI is InChI=1S/C16H17NO2/c1-12-6-7-13-4-2-3-5-14(13)15(12)16(18)17-8-10-19-11-9-17/h2-7H,8-11H2,1H3. The van der Waals surface area contributed by atoms with E-state index >= 15 is 0 Å². The maximum atomic E-state index is 12.7. The molecular weight excluding hydrogens is 238 g/mol. The summed E-state index contributed by atoms with van der Waals surface area (Å²) < 4.78 is 5.31. The van der Waals surface area contributed by atoms with Crippen LogP contribution >= 0.6 is 0 Å². The van der Waals surface area contributed by atoms with Gasteiger partial charge in [0.05, 0.1) is 18.8 Å². The molecule has 1 fully saturated rings. The van der Waals surface area contributed by atoms with Gasteiger partial charge in [0.1, 0.15) is 0 Å². The summed E-state index contributed by atoms with van der Waals surface area (Å²) in [5.41, 5.74) is 1.87. The van der Waals surface area contributed by atoms with Crippen molar-refractivity contribution in [1.29, 1.82) is 0 Å². The second-order valence-corrected chi connectivity index (χ2v) is 4.88. The van der Waals surface area contributed by atoms with E-state index in [1.54, 1.807) is 0 Å². The van der Waals surface area contributed by atoms with Crippen molar-refractivity contribution in [1.82, 2.24) is 4.90 Å². The van der Waals surface area contributed by atoms with Crippen molar-refractivity contribution in [3.8, 4) is 0 Å². The van der Waals surface area contributed by atoms with Crippen LogP contribution in [0.3, 0.4) is 0 Å². The molecule has 1 aliphatic rings. The Morgan fingerprint density at radius 1 is 1.11 bits per heavy atom. The number of ether oxygens (including phenoxy) is 1. The molecule has 2 aromatic rings. The number of rotatable bonds is 1. The lowest BCUT2D eigenvalue weighted by Crippen LogP contribution is -2.41. The van der Waals surface area contributed by atoms with Crippen molar-refractivity contribution < 1.29 is 9.53 Å². The first-order valence-electron chi connectivity index (χ1n) is 6.63. The fraction of sp³-hybridized carbons (Fsp3) is 0.312. The third kappa shape index (κ3) is 2.22. The fourth-order valence-electron chi connectivity index (χ4n) is 2.59. The van der Waals surface area contributed by atoms with Crippen LogP contribution in [0.1, 0.15) is 15.9 Å². The number of morpholine rings is 1. The van der Waals surface area contributed by atoms with E-state index in [0.29, 0.717) is 26.3 Å². The van der Waals surface area contributed by atoms with Gasteiger partial charge in [-0.1, -0.05) is 36.4 Å². The minimum absolute atomic E-state index is 0.123. The summed E-state index contributed by atoms with van der Waals surface area (Å²) in [6.07, 6.45) is 0. The van der Waals surface area contributed by atoms with Crippen LogP contribution in [-0.4, -0.2) is 37.1 Å². The smallest absolute Gasteiger partial charge is 0.254 e. The van der Waals surface area contributed by atoms with Crippen LogP contribution < -0.4 is 0 Å². The van der Waals surface area contributed by atoms with E-state index in [4.69, 9.17) is 4.74 Å². The van der Waals surface area contributed by atoms with E-state index in [2.05, 4.69) is 6.07 Å². The van der Waals surface area contributed by atoms with Gasteiger partial charge in [0, 0.05) is 13.1 Å². The van der Waals surface area contributed by atoms with Crippen LogP contribution in [0.15, 0.2) is 36.4 Å². The van der Waals surface area contributed by atoms with E-state index in [0.717, 1.165) is 21.9 Å². The summed E-state index contributed by atoms with van der Waals surface area (Å²) in [6.45, 7) is 4.63. The molecular formula is C16H17NO2. The number of nitrogens with zero attached hydrogens (tertiary/aromatic N) is 1. The molecule has 0 radical (unpaired) electrons. The average Bonchev–Trinajstić information content (AvgIpc) is 2.47. The lowest BCUT2D eigenvalue weighted by Gasteiger charge is -2.28. The molecule has 3 rings (SSSR count). The van der Waals surface area contributed by atoms with Crippen LogP contribution in [0, 0.1) is 6.92 Å². The zero-order valence-electron chi connectivity index (χ0n) is 11.1. The topological polar surface area (TPSA) is 29.5 Å². The molecule has 19 heavy (non-hydrogen) atoms. The van der Waals surface area contributed by atoms with Crippen LogP contribution in [0.25, 0.3) is 10.8 Å². The quantitative estimate of drug-likeness (QED) is 0.784. The first kappa shape index (κ1) is 12.2. The number of benzene rings is 2. The minimum atomic E-state index is 0.123. The van der Waals surface area contributed by atoms with Gasteiger partial charge in [-0.25, -0.2) is 0 Å². The normalized spacial score (nSPS) is 15.7. The van der Waals surface area contributed by atoms with Crippen molar-refractivity contribution >= 4 is 16.7 Å². The summed E-state index contributed by atoms with van der Waals surface area (Å²) in [7, 11) is 0. The Hall–Kier alpha value is -1.87. The number of amides is 1. The highest BCUT2D eigenvalue weighted by molar-refractivity contribution is 6.08. The highest BCUT2D eigenvalue weighted by Gasteiger charge is 2.21. The minimum Gasteiger partial charge on any atom is -0.378 e. The molecule has 0 saturated carbocycles. The first-order chi connectivity index (χ1) is 9.27. The monoisotopic (exact) mass is 255 g/mol. The largest absolute Gasteiger partial charge is 0.378 e. The maximum Gasteiger partial charge on any atom is 0.254 e. The van der Waals surface area contributed by atoms with Gasteiger partial charge in [-0.2, -0.15) is 0 Å². The van der Waals surface area contributed by atoms with Crippen molar-refractivity contribution in [2.45, 2.75) is 6.92 Å². The van der Waals surface area contributed by atoms with Gasteiger partial charge in [-0.15, -0.1) is 0 Å². The molecule has 0 atom stereocenters. The van der Waals surface area contributed by atoms with Gasteiger partial charge in [0.25, 0.3) is 5.91 Å². The molecule has 0 aromatic heterocycles. The second-order valence-electron chi connectivity index (χ2n) is 4.88. The molecule has 1 amide bonds. The predicted molar refractivity (Wildman–Crippen MR) is 75.4 cm³/mol. The first-order valence-corrected chi connectivity index (χ1v) is 6.63. The molecule has 98 valence electrons. The average molecular weight is 255 g/mol. The fourth-order valence-corrected chi connectivity index (χ4v) is 2.59. The van der Waals surface area contributed by atoms with Gasteiger partial charge in [-0.05, 0) is 23.3 Å². The van der Waals surface area contributed by atoms with Gasteiger partial charge in [0.2, 0.25) is 0 Å². The van der Waals surface area contributed by atoms with Crippen molar-refractivity contribution in [2.75, 3.05) is 26.3 Å². The molecule has 0 unspecified atom stereocenters. The zero-order chi connectivity index (χ0) is 13.2. The third-order valence-electron chi connectivity index (χ3n) is 3.65. The number of fused-ring (bicyclic) bond motifs is 1. The van der Waals surface area contributed by atoms with Crippen LogP contribution in [0.4, 0.5) is 0 Å². The van der Waals surface area contributed by atoms with Gasteiger partial charge in [0.15, 0.2) is 0 Å². The third-order valence-corrected chi connectivity index (χ3v) is 3.65. The molecule has 1 saturated heterocycles. The summed E-state index contributed by atoms with van der Waals surface area (Å²) in [4.78, 5) is 14.6. The van der Waals surface area contributed by atoms with Crippen LogP contribution in [0.5, 0.6) is 0 Å². The Balaban J connectivity index is 2.08. The van der Waals surface area contributed by atoms with E-state index in [1.807, 2.05) is 42.2 Å². The zero-order valence-corrected chi connectivity index (χ0v) is 11.1.